The van der Waals surface area contributed by atoms with E-state index in [0.717, 1.165) is 0 Å². The summed E-state index contributed by atoms with van der Waals surface area (Å²) in [5.41, 5.74) is 1.33. The Bertz CT molecular complexity index is 1400. The molecule has 0 aliphatic rings. The molecule has 0 saturated carbocycles. The van der Waals surface area contributed by atoms with Gasteiger partial charge >= 0.3 is 6.09 Å². The molecule has 1 unspecified atom stereocenters. The number of benzene rings is 2. The van der Waals surface area contributed by atoms with Crippen LogP contribution in [0, 0.1) is 5.92 Å². The fraction of sp³-hybridized carbons (Fsp3) is 0.379. The van der Waals surface area contributed by atoms with Crippen LogP contribution in [0.4, 0.5) is 10.5 Å². The molecule has 226 valence electrons. The number of carbonyl (C=O) groups is 3. The highest BCUT2D eigenvalue weighted by Crippen LogP contribution is 2.36. The number of aromatic nitrogens is 1. The summed E-state index contributed by atoms with van der Waals surface area (Å²) in [5, 5.41) is 10.3. The number of alkyl halides is 2. The summed E-state index contributed by atoms with van der Waals surface area (Å²) in [6.45, 7) is 8.87. The predicted octanol–water partition coefficient (Wildman–Crippen LogP) is 7.12. The Morgan fingerprint density at radius 1 is 1.02 bits per heavy atom. The standard InChI is InChI=1S/C29H32Cl4N4O5/c1-16(2)24(35-28(40)41-29(3,4)5)26(38)34-12-13-37(27(39)25(32)33)18-9-6-8-17(14-18)22-15-21(36-42-22)23-19(30)10-7-11-20(23)31/h6-11,14-16,24-25H,12-13H2,1-5H3,(H,34,38)(H,35,40). The molecule has 0 aliphatic heterocycles. The molecule has 42 heavy (non-hydrogen) atoms. The first-order chi connectivity index (χ1) is 19.7. The Morgan fingerprint density at radius 2 is 1.67 bits per heavy atom. The summed E-state index contributed by atoms with van der Waals surface area (Å²) in [5.74, 6) is -0.838. The van der Waals surface area contributed by atoms with Gasteiger partial charge < -0.3 is 24.8 Å². The van der Waals surface area contributed by atoms with E-state index in [9.17, 15) is 14.4 Å². The second-order valence-electron chi connectivity index (χ2n) is 10.7. The number of nitrogens with zero attached hydrogens (tertiary/aromatic N) is 2. The minimum absolute atomic E-state index is 0.0398. The van der Waals surface area contributed by atoms with Gasteiger partial charge in [-0.25, -0.2) is 4.79 Å². The van der Waals surface area contributed by atoms with Crippen LogP contribution in [0.3, 0.4) is 0 Å². The van der Waals surface area contributed by atoms with Gasteiger partial charge in [0.05, 0.1) is 10.0 Å². The minimum Gasteiger partial charge on any atom is -0.444 e. The molecule has 9 nitrogen and oxygen atoms in total. The van der Waals surface area contributed by atoms with Gasteiger partial charge in [0.2, 0.25) is 5.91 Å². The number of rotatable bonds is 10. The maximum atomic E-state index is 13.0. The fourth-order valence-corrected chi connectivity index (χ4v) is 4.78. The molecular weight excluding hydrogens is 626 g/mol. The predicted molar refractivity (Wildman–Crippen MR) is 166 cm³/mol. The Balaban J connectivity index is 1.77. The van der Waals surface area contributed by atoms with Crippen molar-refractivity contribution in [2.45, 2.75) is 51.1 Å². The van der Waals surface area contributed by atoms with Crippen LogP contribution in [0.5, 0.6) is 0 Å². The first kappa shape index (κ1) is 33.5. The van der Waals surface area contributed by atoms with Crippen molar-refractivity contribution in [3.8, 4) is 22.6 Å². The van der Waals surface area contributed by atoms with Crippen LogP contribution in [-0.4, -0.2) is 52.6 Å². The third-order valence-electron chi connectivity index (χ3n) is 5.88. The van der Waals surface area contributed by atoms with Crippen LogP contribution in [0.15, 0.2) is 53.1 Å². The zero-order valence-corrected chi connectivity index (χ0v) is 26.7. The molecule has 2 N–H and O–H groups in total. The van der Waals surface area contributed by atoms with Gasteiger partial charge in [-0.1, -0.05) is 83.6 Å². The van der Waals surface area contributed by atoms with Gasteiger partial charge in [-0.2, -0.15) is 0 Å². The molecule has 3 amide bonds. The molecule has 1 aromatic heterocycles. The lowest BCUT2D eigenvalue weighted by molar-refractivity contribution is -0.124. The van der Waals surface area contributed by atoms with E-state index in [1.807, 2.05) is 0 Å². The molecule has 3 aromatic rings. The molecule has 0 bridgehead atoms. The average molecular weight is 658 g/mol. The zero-order valence-electron chi connectivity index (χ0n) is 23.7. The largest absolute Gasteiger partial charge is 0.444 e. The second-order valence-corrected chi connectivity index (χ2v) is 12.6. The third kappa shape index (κ3) is 9.01. The monoisotopic (exact) mass is 656 g/mol. The maximum Gasteiger partial charge on any atom is 0.408 e. The van der Waals surface area contributed by atoms with E-state index in [4.69, 9.17) is 55.7 Å². The molecule has 2 aromatic carbocycles. The molecule has 3 rings (SSSR count). The lowest BCUT2D eigenvalue weighted by Gasteiger charge is -2.26. The number of carbonyl (C=O) groups excluding carboxylic acids is 3. The van der Waals surface area contributed by atoms with Crippen LogP contribution in [0.1, 0.15) is 34.6 Å². The Morgan fingerprint density at radius 3 is 2.26 bits per heavy atom. The molecule has 13 heteroatoms. The van der Waals surface area contributed by atoms with Crippen LogP contribution in [0.2, 0.25) is 10.0 Å². The Labute approximate surface area is 264 Å². The average Bonchev–Trinajstić information content (AvgIpc) is 3.38. The van der Waals surface area contributed by atoms with Crippen LogP contribution < -0.4 is 15.5 Å². The lowest BCUT2D eigenvalue weighted by Crippen LogP contribution is -2.52. The van der Waals surface area contributed by atoms with Gasteiger partial charge in [-0.3, -0.25) is 9.59 Å². The number of hydrogen-bond donors (Lipinski definition) is 2. The normalized spacial score (nSPS) is 12.3. The van der Waals surface area contributed by atoms with E-state index < -0.39 is 34.4 Å². The molecule has 1 heterocycles. The van der Waals surface area contributed by atoms with Crippen molar-refractivity contribution < 1.29 is 23.6 Å². The molecular formula is C29H32Cl4N4O5. The summed E-state index contributed by atoms with van der Waals surface area (Å²) < 4.78 is 10.8. The minimum atomic E-state index is -1.35. The van der Waals surface area contributed by atoms with E-state index in [1.165, 1.54) is 4.90 Å². The SMILES string of the molecule is CC(C)C(NC(=O)OC(C)(C)C)C(=O)NCCN(C(=O)C(Cl)Cl)c1cccc(-c2cc(-c3c(Cl)cccc3Cl)no2)c1. The van der Waals surface area contributed by atoms with Gasteiger partial charge in [0, 0.05) is 36.0 Å². The number of hydrogen-bond acceptors (Lipinski definition) is 6. The summed E-state index contributed by atoms with van der Waals surface area (Å²) >= 11 is 24.5. The summed E-state index contributed by atoms with van der Waals surface area (Å²) in [6.07, 6.45) is -0.704. The first-order valence-corrected chi connectivity index (χ1v) is 14.7. The van der Waals surface area contributed by atoms with Gasteiger partial charge in [0.1, 0.15) is 17.3 Å². The summed E-state index contributed by atoms with van der Waals surface area (Å²) in [4.78, 5) is 38.2. The van der Waals surface area contributed by atoms with Crippen LogP contribution in [0.25, 0.3) is 22.6 Å². The zero-order chi connectivity index (χ0) is 31.2. The molecule has 0 fully saturated rings. The van der Waals surface area contributed by atoms with Gasteiger partial charge in [0.25, 0.3) is 5.91 Å². The quantitative estimate of drug-likeness (QED) is 0.225. The van der Waals surface area contributed by atoms with Crippen molar-refractivity contribution in [3.63, 3.8) is 0 Å². The number of nitrogens with one attached hydrogen (secondary N) is 2. The van der Waals surface area contributed by atoms with Gasteiger partial charge in [-0.05, 0) is 51.0 Å². The number of alkyl carbamates (subject to hydrolysis) is 1. The number of anilines is 1. The van der Waals surface area contributed by atoms with Crippen molar-refractivity contribution >= 4 is 70.0 Å². The highest BCUT2D eigenvalue weighted by Gasteiger charge is 2.28. The van der Waals surface area contributed by atoms with Crippen molar-refractivity contribution in [1.82, 2.24) is 15.8 Å². The van der Waals surface area contributed by atoms with Crippen LogP contribution >= 0.6 is 46.4 Å². The third-order valence-corrected chi connectivity index (χ3v) is 6.88. The molecule has 0 spiro atoms. The van der Waals surface area contributed by atoms with Crippen molar-refractivity contribution in [3.05, 3.63) is 58.6 Å². The number of ether oxygens (including phenoxy) is 1. The summed E-state index contributed by atoms with van der Waals surface area (Å²) in [7, 11) is 0. The highest BCUT2D eigenvalue weighted by molar-refractivity contribution is 6.54. The van der Waals surface area contributed by atoms with E-state index in [-0.39, 0.29) is 19.0 Å². The van der Waals surface area contributed by atoms with E-state index in [0.29, 0.717) is 38.3 Å². The molecule has 0 aliphatic carbocycles. The molecule has 0 radical (unpaired) electrons. The van der Waals surface area contributed by atoms with E-state index in [2.05, 4.69) is 15.8 Å². The van der Waals surface area contributed by atoms with Gasteiger partial charge in [0.15, 0.2) is 10.6 Å². The maximum absolute atomic E-state index is 13.0. The topological polar surface area (TPSA) is 114 Å². The van der Waals surface area contributed by atoms with Crippen molar-refractivity contribution in [2.24, 2.45) is 5.92 Å². The molecule has 0 saturated heterocycles. The van der Waals surface area contributed by atoms with E-state index in [1.54, 1.807) is 83.1 Å². The van der Waals surface area contributed by atoms with Crippen molar-refractivity contribution in [2.75, 3.05) is 18.0 Å². The number of amides is 3. The van der Waals surface area contributed by atoms with Crippen molar-refractivity contribution in [1.29, 1.82) is 0 Å². The fourth-order valence-electron chi connectivity index (χ4n) is 3.95. The summed E-state index contributed by atoms with van der Waals surface area (Å²) in [6, 6.07) is 12.9. The smallest absolute Gasteiger partial charge is 0.408 e. The molecule has 1 atom stereocenters. The van der Waals surface area contributed by atoms with E-state index >= 15 is 0 Å². The highest BCUT2D eigenvalue weighted by atomic mass is 35.5. The van der Waals surface area contributed by atoms with Gasteiger partial charge in [-0.15, -0.1) is 0 Å². The lowest BCUT2D eigenvalue weighted by atomic mass is 10.0. The Hall–Kier alpha value is -2.98. The number of halogens is 4. The second kappa shape index (κ2) is 14.5. The first-order valence-electron chi connectivity index (χ1n) is 13.1. The van der Waals surface area contributed by atoms with Crippen LogP contribution in [-0.2, 0) is 14.3 Å². The Kier molecular flexibility index (Phi) is 11.5.